The second-order valence-corrected chi connectivity index (χ2v) is 4.63. The summed E-state index contributed by atoms with van der Waals surface area (Å²) in [5.74, 6) is -2.67. The molecule has 0 fully saturated rings. The summed E-state index contributed by atoms with van der Waals surface area (Å²) in [6.07, 6.45) is -0.0631. The van der Waals surface area contributed by atoms with Crippen molar-refractivity contribution in [2.24, 2.45) is 0 Å². The molecule has 2 amide bonds. The lowest BCUT2D eigenvalue weighted by molar-refractivity contribution is -0.145. The van der Waals surface area contributed by atoms with Gasteiger partial charge in [-0.2, -0.15) is 0 Å². The molecule has 21 heavy (non-hydrogen) atoms. The van der Waals surface area contributed by atoms with Crippen molar-refractivity contribution in [3.05, 3.63) is 35.4 Å². The molecular formula is C14H18N2O5. The minimum atomic E-state index is -1.44. The second kappa shape index (κ2) is 7.88. The fraction of sp³-hybridized carbons (Fsp3) is 0.357. The maximum absolute atomic E-state index is 11.5. The topological polar surface area (TPSA) is 116 Å². The van der Waals surface area contributed by atoms with Gasteiger partial charge in [0.15, 0.2) is 0 Å². The highest BCUT2D eigenvalue weighted by molar-refractivity contribution is 5.86. The van der Waals surface area contributed by atoms with Gasteiger partial charge in [-0.1, -0.05) is 29.8 Å². The lowest BCUT2D eigenvalue weighted by atomic mass is 10.1. The minimum absolute atomic E-state index is 0.328. The van der Waals surface area contributed by atoms with Crippen molar-refractivity contribution in [3.63, 3.8) is 0 Å². The highest BCUT2D eigenvalue weighted by atomic mass is 16.4. The van der Waals surface area contributed by atoms with Crippen LogP contribution < -0.4 is 10.6 Å². The van der Waals surface area contributed by atoms with Crippen LogP contribution in [0, 0.1) is 6.92 Å². The minimum Gasteiger partial charge on any atom is -0.481 e. The molecule has 0 saturated carbocycles. The molecule has 1 rings (SSSR count). The molecule has 0 spiro atoms. The quantitative estimate of drug-likeness (QED) is 0.592. The van der Waals surface area contributed by atoms with Crippen molar-refractivity contribution in [1.82, 2.24) is 10.6 Å². The van der Waals surface area contributed by atoms with E-state index in [1.807, 2.05) is 31.2 Å². The predicted octanol–water partition coefficient (Wildman–Crippen LogP) is 0.765. The molecule has 1 unspecified atom stereocenters. The maximum atomic E-state index is 11.5. The first-order valence-corrected chi connectivity index (χ1v) is 6.43. The van der Waals surface area contributed by atoms with E-state index in [4.69, 9.17) is 10.2 Å². The van der Waals surface area contributed by atoms with Crippen LogP contribution in [0.3, 0.4) is 0 Å². The van der Waals surface area contributed by atoms with Gasteiger partial charge in [-0.25, -0.2) is 9.59 Å². The Labute approximate surface area is 122 Å². The number of carbonyl (C=O) groups is 3. The normalized spacial score (nSPS) is 11.5. The van der Waals surface area contributed by atoms with Crippen LogP contribution in [0.4, 0.5) is 4.79 Å². The fourth-order valence-electron chi connectivity index (χ4n) is 1.77. The second-order valence-electron chi connectivity index (χ2n) is 4.63. The number of amides is 2. The summed E-state index contributed by atoms with van der Waals surface area (Å²) >= 11 is 0. The molecule has 0 bridgehead atoms. The maximum Gasteiger partial charge on any atom is 0.326 e. The molecule has 1 aromatic carbocycles. The van der Waals surface area contributed by atoms with Gasteiger partial charge in [-0.05, 0) is 18.9 Å². The third kappa shape index (κ3) is 6.42. The Kier molecular flexibility index (Phi) is 6.19. The van der Waals surface area contributed by atoms with Crippen molar-refractivity contribution in [2.75, 3.05) is 6.54 Å². The molecule has 7 nitrogen and oxygen atoms in total. The van der Waals surface area contributed by atoms with Gasteiger partial charge in [-0.15, -0.1) is 0 Å². The molecule has 7 heteroatoms. The molecule has 0 radical (unpaired) electrons. The summed E-state index contributed by atoms with van der Waals surface area (Å²) in [5, 5.41) is 22.0. The molecule has 0 heterocycles. The number of carboxylic acid groups (broad SMARTS) is 2. The highest BCUT2D eigenvalue weighted by Crippen LogP contribution is 2.03. The van der Waals surface area contributed by atoms with Gasteiger partial charge in [-0.3, -0.25) is 4.79 Å². The van der Waals surface area contributed by atoms with Crippen molar-refractivity contribution >= 4 is 18.0 Å². The number of carbonyl (C=O) groups excluding carboxylic acids is 1. The Morgan fingerprint density at radius 3 is 2.52 bits per heavy atom. The number of carboxylic acids is 2. The van der Waals surface area contributed by atoms with Crippen molar-refractivity contribution in [1.29, 1.82) is 0 Å². The number of aliphatic carboxylic acids is 2. The van der Waals surface area contributed by atoms with E-state index in [9.17, 15) is 14.4 Å². The van der Waals surface area contributed by atoms with Gasteiger partial charge in [0, 0.05) is 6.54 Å². The van der Waals surface area contributed by atoms with Crippen LogP contribution in [0.5, 0.6) is 0 Å². The van der Waals surface area contributed by atoms with Gasteiger partial charge in [0.1, 0.15) is 6.04 Å². The summed E-state index contributed by atoms with van der Waals surface area (Å²) in [6.45, 7) is 2.29. The van der Waals surface area contributed by atoms with Crippen molar-refractivity contribution < 1.29 is 24.6 Å². The Hall–Kier alpha value is -2.57. The smallest absolute Gasteiger partial charge is 0.326 e. The first-order chi connectivity index (χ1) is 9.88. The number of nitrogens with one attached hydrogen (secondary N) is 2. The van der Waals surface area contributed by atoms with Crippen LogP contribution in [0.15, 0.2) is 24.3 Å². The zero-order valence-electron chi connectivity index (χ0n) is 11.6. The first-order valence-electron chi connectivity index (χ1n) is 6.43. The van der Waals surface area contributed by atoms with Crippen LogP contribution in [0.2, 0.25) is 0 Å². The Balaban J connectivity index is 2.39. The van der Waals surface area contributed by atoms with Crippen molar-refractivity contribution in [2.45, 2.75) is 25.8 Å². The molecule has 0 aliphatic carbocycles. The first kappa shape index (κ1) is 16.5. The third-order valence-corrected chi connectivity index (χ3v) is 2.76. The van der Waals surface area contributed by atoms with Crippen LogP contribution in [0.1, 0.15) is 17.5 Å². The average Bonchev–Trinajstić information content (AvgIpc) is 2.37. The highest BCUT2D eigenvalue weighted by Gasteiger charge is 2.22. The standard InChI is InChI=1S/C14H18N2O5/c1-9-3-2-4-10(7-9)5-6-15-14(21)16-11(13(19)20)8-12(17)18/h2-4,7,11H,5-6,8H2,1H3,(H,17,18)(H,19,20)(H2,15,16,21). The molecule has 0 saturated heterocycles. The number of hydrogen-bond acceptors (Lipinski definition) is 3. The summed E-state index contributed by atoms with van der Waals surface area (Å²) in [4.78, 5) is 32.8. The van der Waals surface area contributed by atoms with Gasteiger partial charge in [0.05, 0.1) is 6.42 Å². The van der Waals surface area contributed by atoms with E-state index < -0.39 is 30.4 Å². The fourth-order valence-corrected chi connectivity index (χ4v) is 1.77. The molecule has 1 aromatic rings. The SMILES string of the molecule is Cc1cccc(CCNC(=O)NC(CC(=O)O)C(=O)O)c1. The Morgan fingerprint density at radius 2 is 1.95 bits per heavy atom. The molecular weight excluding hydrogens is 276 g/mol. The summed E-state index contributed by atoms with van der Waals surface area (Å²) < 4.78 is 0. The van der Waals surface area contributed by atoms with E-state index in [1.54, 1.807) is 0 Å². The van der Waals surface area contributed by atoms with E-state index in [2.05, 4.69) is 10.6 Å². The number of hydrogen-bond donors (Lipinski definition) is 4. The largest absolute Gasteiger partial charge is 0.481 e. The number of urea groups is 1. The van der Waals surface area contributed by atoms with Crippen molar-refractivity contribution in [3.8, 4) is 0 Å². The van der Waals surface area contributed by atoms with Crippen LogP contribution in [-0.4, -0.2) is 40.8 Å². The van der Waals surface area contributed by atoms with Gasteiger partial charge in [0.25, 0.3) is 0 Å². The molecule has 4 N–H and O–H groups in total. The summed E-state index contributed by atoms with van der Waals surface area (Å²) in [5.41, 5.74) is 2.17. The molecule has 0 aliphatic rings. The van der Waals surface area contributed by atoms with E-state index in [0.717, 1.165) is 11.1 Å². The summed E-state index contributed by atoms with van der Waals surface area (Å²) in [7, 11) is 0. The number of rotatable bonds is 7. The van der Waals surface area contributed by atoms with E-state index in [1.165, 1.54) is 0 Å². The van der Waals surface area contributed by atoms with Gasteiger partial charge < -0.3 is 20.8 Å². The molecule has 1 atom stereocenters. The van der Waals surface area contributed by atoms with Crippen LogP contribution in [-0.2, 0) is 16.0 Å². The zero-order chi connectivity index (χ0) is 15.8. The Bertz CT molecular complexity index is 530. The molecule has 114 valence electrons. The van der Waals surface area contributed by atoms with E-state index >= 15 is 0 Å². The zero-order valence-corrected chi connectivity index (χ0v) is 11.6. The lowest BCUT2D eigenvalue weighted by Crippen LogP contribution is -2.47. The lowest BCUT2D eigenvalue weighted by Gasteiger charge is -2.13. The van der Waals surface area contributed by atoms with Crippen LogP contribution in [0.25, 0.3) is 0 Å². The average molecular weight is 294 g/mol. The predicted molar refractivity (Wildman–Crippen MR) is 75.1 cm³/mol. The molecule has 0 aliphatic heterocycles. The van der Waals surface area contributed by atoms with E-state index in [0.29, 0.717) is 13.0 Å². The summed E-state index contributed by atoms with van der Waals surface area (Å²) in [6, 6.07) is 5.66. The van der Waals surface area contributed by atoms with Crippen LogP contribution >= 0.6 is 0 Å². The number of aryl methyl sites for hydroxylation is 1. The van der Waals surface area contributed by atoms with Gasteiger partial charge >= 0.3 is 18.0 Å². The molecule has 0 aromatic heterocycles. The van der Waals surface area contributed by atoms with E-state index in [-0.39, 0.29) is 0 Å². The third-order valence-electron chi connectivity index (χ3n) is 2.76. The monoisotopic (exact) mass is 294 g/mol. The van der Waals surface area contributed by atoms with Gasteiger partial charge in [0.2, 0.25) is 0 Å². The Morgan fingerprint density at radius 1 is 1.24 bits per heavy atom. The number of benzene rings is 1.